The normalized spacial score (nSPS) is 14.6. The van der Waals surface area contributed by atoms with Crippen LogP contribution >= 0.6 is 0 Å². The van der Waals surface area contributed by atoms with E-state index in [1.807, 2.05) is 78.9 Å². The molecule has 1 saturated heterocycles. The first-order valence-corrected chi connectivity index (χ1v) is 14.9. The lowest BCUT2D eigenvalue weighted by molar-refractivity contribution is 0.139. The number of nitriles is 1. The van der Waals surface area contributed by atoms with Crippen LogP contribution in [0.15, 0.2) is 78.9 Å². The minimum absolute atomic E-state index is 0.255. The molecular weight excluding hydrogens is 526 g/mol. The van der Waals surface area contributed by atoms with Gasteiger partial charge in [0.25, 0.3) is 10.1 Å². The molecule has 1 fully saturated rings. The van der Waals surface area contributed by atoms with E-state index in [1.54, 1.807) is 4.68 Å². The molecule has 1 aliphatic heterocycles. The lowest BCUT2D eigenvalue weighted by Crippen LogP contribution is -2.34. The van der Waals surface area contributed by atoms with Gasteiger partial charge in [0.05, 0.1) is 18.6 Å². The maximum Gasteiger partial charge on any atom is 0.264 e. The molecule has 1 aliphatic rings. The summed E-state index contributed by atoms with van der Waals surface area (Å²) in [6.45, 7) is 2.82. The Labute approximate surface area is 234 Å². The SMILES string of the molecule is CS(=O)(=O)OCC1CCN(Cc2ccc(-n3nc(-c4ccc(Oc5ccccc5)cc4)c(C#N)c3N)cc2)CC1. The van der Waals surface area contributed by atoms with Gasteiger partial charge in [-0.15, -0.1) is 0 Å². The third-order valence-electron chi connectivity index (χ3n) is 6.95. The minimum atomic E-state index is -3.40. The van der Waals surface area contributed by atoms with Crippen LogP contribution in [0.5, 0.6) is 11.5 Å². The molecule has 40 heavy (non-hydrogen) atoms. The van der Waals surface area contributed by atoms with E-state index in [4.69, 9.17) is 14.7 Å². The Morgan fingerprint density at radius 2 is 1.62 bits per heavy atom. The Morgan fingerprint density at radius 3 is 2.25 bits per heavy atom. The first kappa shape index (κ1) is 27.4. The number of nitrogen functional groups attached to an aromatic ring is 1. The van der Waals surface area contributed by atoms with E-state index in [0.717, 1.165) is 61.3 Å². The molecule has 0 unspecified atom stereocenters. The number of benzene rings is 3. The average Bonchev–Trinajstić information content (AvgIpc) is 3.29. The van der Waals surface area contributed by atoms with Crippen molar-refractivity contribution in [1.82, 2.24) is 14.7 Å². The number of nitrogens with two attached hydrogens (primary N) is 1. The molecule has 0 amide bonds. The number of rotatable bonds is 9. The van der Waals surface area contributed by atoms with Gasteiger partial charge in [-0.25, -0.2) is 4.68 Å². The molecule has 5 rings (SSSR count). The molecule has 0 saturated carbocycles. The third kappa shape index (κ3) is 6.69. The van der Waals surface area contributed by atoms with Crippen molar-refractivity contribution in [3.63, 3.8) is 0 Å². The van der Waals surface area contributed by atoms with E-state index < -0.39 is 10.1 Å². The molecule has 1 aromatic heterocycles. The number of aromatic nitrogens is 2. The number of piperidine rings is 1. The van der Waals surface area contributed by atoms with Crippen molar-refractivity contribution in [1.29, 1.82) is 5.26 Å². The highest BCUT2D eigenvalue weighted by molar-refractivity contribution is 7.85. The first-order chi connectivity index (χ1) is 19.3. The summed E-state index contributed by atoms with van der Waals surface area (Å²) >= 11 is 0. The topological polar surface area (TPSA) is 123 Å². The summed E-state index contributed by atoms with van der Waals surface area (Å²) in [6, 6.07) is 27.1. The van der Waals surface area contributed by atoms with Gasteiger partial charge in [0.15, 0.2) is 0 Å². The Kier molecular flexibility index (Phi) is 8.16. The molecule has 2 N–H and O–H groups in total. The van der Waals surface area contributed by atoms with Crippen molar-refractivity contribution >= 4 is 15.9 Å². The zero-order valence-corrected chi connectivity index (χ0v) is 23.0. The van der Waals surface area contributed by atoms with Crippen LogP contribution < -0.4 is 10.5 Å². The lowest BCUT2D eigenvalue weighted by atomic mass is 9.97. The van der Waals surface area contributed by atoms with Crippen molar-refractivity contribution in [3.8, 4) is 34.5 Å². The van der Waals surface area contributed by atoms with Gasteiger partial charge in [0.1, 0.15) is 34.6 Å². The van der Waals surface area contributed by atoms with Gasteiger partial charge in [-0.3, -0.25) is 9.08 Å². The summed E-state index contributed by atoms with van der Waals surface area (Å²) in [5.41, 5.74) is 9.88. The zero-order chi connectivity index (χ0) is 28.1. The van der Waals surface area contributed by atoms with Crippen molar-refractivity contribution < 1.29 is 17.3 Å². The molecule has 4 aromatic rings. The van der Waals surface area contributed by atoms with Crippen molar-refractivity contribution in [2.75, 3.05) is 31.7 Å². The standard InChI is InChI=1S/C30H31N5O4S/c1-40(36,37)38-21-23-15-17-34(18-16-23)20-22-7-11-25(12-8-22)35-30(32)28(19-31)29(33-35)24-9-13-27(14-10-24)39-26-5-3-2-4-6-26/h2-14,23H,15-18,20-21,32H2,1H3. The van der Waals surface area contributed by atoms with E-state index >= 15 is 0 Å². The summed E-state index contributed by atoms with van der Waals surface area (Å²) in [7, 11) is -3.40. The summed E-state index contributed by atoms with van der Waals surface area (Å²) in [6.07, 6.45) is 2.89. The quantitative estimate of drug-likeness (QED) is 0.286. The third-order valence-corrected chi connectivity index (χ3v) is 7.52. The molecule has 10 heteroatoms. The van der Waals surface area contributed by atoms with Gasteiger partial charge in [-0.05, 0) is 85.9 Å². The van der Waals surface area contributed by atoms with Gasteiger partial charge in [0.2, 0.25) is 0 Å². The smallest absolute Gasteiger partial charge is 0.264 e. The Bertz CT molecular complexity index is 1590. The predicted octanol–water partition coefficient (Wildman–Crippen LogP) is 4.97. The van der Waals surface area contributed by atoms with E-state index in [9.17, 15) is 13.7 Å². The van der Waals surface area contributed by atoms with Crippen molar-refractivity contribution in [3.05, 3.63) is 90.0 Å². The van der Waals surface area contributed by atoms with Crippen LogP contribution in [0, 0.1) is 17.2 Å². The van der Waals surface area contributed by atoms with Gasteiger partial charge < -0.3 is 10.5 Å². The van der Waals surface area contributed by atoms with Crippen LogP contribution in [-0.4, -0.2) is 49.1 Å². The summed E-state index contributed by atoms with van der Waals surface area (Å²) in [4.78, 5) is 2.35. The molecular formula is C30H31N5O4S. The largest absolute Gasteiger partial charge is 0.457 e. The molecule has 0 spiro atoms. The van der Waals surface area contributed by atoms with Crippen LogP contribution in [0.1, 0.15) is 24.0 Å². The number of para-hydroxylation sites is 1. The van der Waals surface area contributed by atoms with Gasteiger partial charge >= 0.3 is 0 Å². The monoisotopic (exact) mass is 557 g/mol. The molecule has 9 nitrogen and oxygen atoms in total. The minimum Gasteiger partial charge on any atom is -0.457 e. The molecule has 0 bridgehead atoms. The van der Waals surface area contributed by atoms with Crippen LogP contribution in [0.4, 0.5) is 5.82 Å². The van der Waals surface area contributed by atoms with Crippen LogP contribution in [0.25, 0.3) is 16.9 Å². The highest BCUT2D eigenvalue weighted by Crippen LogP contribution is 2.31. The van der Waals surface area contributed by atoms with Gasteiger partial charge in [-0.1, -0.05) is 30.3 Å². The second-order valence-corrected chi connectivity index (χ2v) is 11.6. The van der Waals surface area contributed by atoms with E-state index in [-0.39, 0.29) is 18.3 Å². The molecule has 0 aliphatic carbocycles. The van der Waals surface area contributed by atoms with Crippen LogP contribution in [0.3, 0.4) is 0 Å². The van der Waals surface area contributed by atoms with Gasteiger partial charge in [-0.2, -0.15) is 18.8 Å². The van der Waals surface area contributed by atoms with Crippen LogP contribution in [-0.2, 0) is 20.8 Å². The van der Waals surface area contributed by atoms with Crippen molar-refractivity contribution in [2.24, 2.45) is 5.92 Å². The fourth-order valence-electron chi connectivity index (χ4n) is 4.78. The number of likely N-dealkylation sites (tertiary alicyclic amines) is 1. The maximum absolute atomic E-state index is 11.2. The molecule has 0 radical (unpaired) electrons. The summed E-state index contributed by atoms with van der Waals surface area (Å²) in [5.74, 6) is 1.97. The highest BCUT2D eigenvalue weighted by Gasteiger charge is 2.22. The number of hydrogen-bond acceptors (Lipinski definition) is 8. The Balaban J connectivity index is 1.25. The number of hydrogen-bond donors (Lipinski definition) is 1. The second kappa shape index (κ2) is 11.9. The van der Waals surface area contributed by atoms with Crippen LogP contribution in [0.2, 0.25) is 0 Å². The first-order valence-electron chi connectivity index (χ1n) is 13.1. The van der Waals surface area contributed by atoms with Gasteiger partial charge in [0, 0.05) is 12.1 Å². The van der Waals surface area contributed by atoms with E-state index in [2.05, 4.69) is 16.1 Å². The number of ether oxygens (including phenoxy) is 1. The summed E-state index contributed by atoms with van der Waals surface area (Å²) < 4.78 is 34.9. The fraction of sp³-hybridized carbons (Fsp3) is 0.267. The zero-order valence-electron chi connectivity index (χ0n) is 22.2. The van der Waals surface area contributed by atoms with Crippen molar-refractivity contribution in [2.45, 2.75) is 19.4 Å². The number of anilines is 1. The highest BCUT2D eigenvalue weighted by atomic mass is 32.2. The fourth-order valence-corrected chi connectivity index (χ4v) is 5.22. The second-order valence-electron chi connectivity index (χ2n) is 9.95. The molecule has 3 aromatic carbocycles. The maximum atomic E-state index is 11.2. The molecule has 0 atom stereocenters. The van der Waals surface area contributed by atoms with E-state index in [1.165, 1.54) is 0 Å². The lowest BCUT2D eigenvalue weighted by Gasteiger charge is -2.31. The summed E-state index contributed by atoms with van der Waals surface area (Å²) in [5, 5.41) is 14.5. The molecule has 206 valence electrons. The van der Waals surface area contributed by atoms with E-state index in [0.29, 0.717) is 17.0 Å². The average molecular weight is 558 g/mol. The molecule has 2 heterocycles. The predicted molar refractivity (Wildman–Crippen MR) is 153 cm³/mol. The Hall–Kier alpha value is -4.17. The number of nitrogens with zero attached hydrogens (tertiary/aromatic N) is 4. The Morgan fingerprint density at radius 1 is 0.975 bits per heavy atom.